The van der Waals surface area contributed by atoms with Crippen LogP contribution in [0.5, 0.6) is 0 Å². The van der Waals surface area contributed by atoms with Gasteiger partial charge in [-0.15, -0.1) is 0 Å². The van der Waals surface area contributed by atoms with Gasteiger partial charge in [0.2, 0.25) is 0 Å². The summed E-state index contributed by atoms with van der Waals surface area (Å²) < 4.78 is 0.812. The number of benzene rings is 1. The van der Waals surface area contributed by atoms with E-state index in [0.29, 0.717) is 16.8 Å². The van der Waals surface area contributed by atoms with Crippen molar-refractivity contribution in [2.45, 2.75) is 0 Å². The van der Waals surface area contributed by atoms with E-state index in [4.69, 9.17) is 18.0 Å². The Labute approximate surface area is 123 Å². The van der Waals surface area contributed by atoms with Gasteiger partial charge in [-0.25, -0.2) is 9.97 Å². The summed E-state index contributed by atoms with van der Waals surface area (Å²) in [5, 5.41) is 2.73. The van der Waals surface area contributed by atoms with E-state index < -0.39 is 0 Å². The van der Waals surface area contributed by atoms with E-state index in [1.165, 1.54) is 18.7 Å². The lowest BCUT2D eigenvalue weighted by Crippen LogP contribution is -2.17. The number of nitrogens with one attached hydrogen (secondary N) is 1. The number of halogens is 1. The first-order valence-corrected chi connectivity index (χ1v) is 6.44. The maximum absolute atomic E-state index is 12.0. The first-order chi connectivity index (χ1) is 9.08. The lowest BCUT2D eigenvalue weighted by molar-refractivity contribution is 0.102. The summed E-state index contributed by atoms with van der Waals surface area (Å²) >= 11 is 8.28. The van der Waals surface area contributed by atoms with Crippen LogP contribution in [0.2, 0.25) is 0 Å². The molecule has 0 aliphatic carbocycles. The van der Waals surface area contributed by atoms with Gasteiger partial charge in [0, 0.05) is 22.4 Å². The van der Waals surface area contributed by atoms with Crippen molar-refractivity contribution in [1.82, 2.24) is 9.97 Å². The Bertz CT molecular complexity index is 633. The average molecular weight is 337 g/mol. The maximum atomic E-state index is 12.0. The van der Waals surface area contributed by atoms with Gasteiger partial charge < -0.3 is 11.1 Å². The van der Waals surface area contributed by atoms with Crippen LogP contribution in [0.4, 0.5) is 5.69 Å². The molecule has 1 amide bonds. The van der Waals surface area contributed by atoms with Crippen molar-refractivity contribution in [3.05, 3.63) is 52.5 Å². The summed E-state index contributed by atoms with van der Waals surface area (Å²) in [4.78, 5) is 19.8. The van der Waals surface area contributed by atoms with Gasteiger partial charge in [0.1, 0.15) is 11.3 Å². The molecule has 0 aliphatic rings. The van der Waals surface area contributed by atoms with Crippen LogP contribution in [0, 0.1) is 0 Å². The Morgan fingerprint density at radius 3 is 2.63 bits per heavy atom. The molecule has 0 atom stereocenters. The van der Waals surface area contributed by atoms with Gasteiger partial charge in [0.15, 0.2) is 0 Å². The molecule has 1 aromatic heterocycles. The summed E-state index contributed by atoms with van der Waals surface area (Å²) in [7, 11) is 0. The highest BCUT2D eigenvalue weighted by Gasteiger charge is 2.11. The van der Waals surface area contributed by atoms with E-state index in [1.54, 1.807) is 18.2 Å². The zero-order chi connectivity index (χ0) is 13.8. The van der Waals surface area contributed by atoms with Crippen LogP contribution in [-0.4, -0.2) is 20.9 Å². The Kier molecular flexibility index (Phi) is 4.18. The molecule has 96 valence electrons. The Morgan fingerprint density at radius 1 is 1.32 bits per heavy atom. The summed E-state index contributed by atoms with van der Waals surface area (Å²) in [6, 6.07) is 5.27. The molecule has 2 rings (SSSR count). The van der Waals surface area contributed by atoms with Gasteiger partial charge in [0.05, 0.1) is 11.3 Å². The monoisotopic (exact) mass is 336 g/mol. The van der Waals surface area contributed by atoms with Gasteiger partial charge in [-0.05, 0) is 18.2 Å². The number of nitrogens with two attached hydrogens (primary N) is 1. The highest BCUT2D eigenvalue weighted by Crippen LogP contribution is 2.22. The number of hydrogen-bond donors (Lipinski definition) is 2. The van der Waals surface area contributed by atoms with Crippen molar-refractivity contribution in [3.63, 3.8) is 0 Å². The SMILES string of the molecule is NC(=S)c1ccc(Br)cc1NC(=O)c1cncnc1. The normalized spacial score (nSPS) is 9.95. The van der Waals surface area contributed by atoms with Crippen molar-refractivity contribution in [3.8, 4) is 0 Å². The van der Waals surface area contributed by atoms with E-state index in [9.17, 15) is 4.79 Å². The van der Waals surface area contributed by atoms with Crippen LogP contribution >= 0.6 is 28.1 Å². The van der Waals surface area contributed by atoms with E-state index in [0.717, 1.165) is 4.47 Å². The molecule has 5 nitrogen and oxygen atoms in total. The third kappa shape index (κ3) is 3.33. The first-order valence-electron chi connectivity index (χ1n) is 5.23. The largest absolute Gasteiger partial charge is 0.389 e. The number of rotatable bonds is 3. The first kappa shape index (κ1) is 13.6. The summed E-state index contributed by atoms with van der Waals surface area (Å²) in [6.07, 6.45) is 4.22. The number of carbonyl (C=O) groups excluding carboxylic acids is 1. The van der Waals surface area contributed by atoms with Crippen LogP contribution in [-0.2, 0) is 0 Å². The average Bonchev–Trinajstić information content (AvgIpc) is 2.39. The second kappa shape index (κ2) is 5.85. The van der Waals surface area contributed by atoms with Gasteiger partial charge >= 0.3 is 0 Å². The molecule has 7 heteroatoms. The lowest BCUT2D eigenvalue weighted by atomic mass is 10.1. The standard InChI is InChI=1S/C12H9BrN4OS/c13-8-1-2-9(11(14)19)10(3-8)17-12(18)7-4-15-6-16-5-7/h1-6H,(H2,14,19)(H,17,18). The molecule has 0 unspecified atom stereocenters. The summed E-state index contributed by atoms with van der Waals surface area (Å²) in [5.74, 6) is -0.323. The van der Waals surface area contributed by atoms with Crippen molar-refractivity contribution >= 4 is 44.7 Å². The smallest absolute Gasteiger partial charge is 0.258 e. The predicted molar refractivity (Wildman–Crippen MR) is 80.0 cm³/mol. The highest BCUT2D eigenvalue weighted by atomic mass is 79.9. The fourth-order valence-corrected chi connectivity index (χ4v) is 1.98. The van der Waals surface area contributed by atoms with Crippen molar-refractivity contribution in [2.24, 2.45) is 5.73 Å². The number of amides is 1. The number of carbonyl (C=O) groups is 1. The van der Waals surface area contributed by atoms with Gasteiger partial charge in [-0.1, -0.05) is 28.1 Å². The van der Waals surface area contributed by atoms with E-state index >= 15 is 0 Å². The minimum atomic E-state index is -0.323. The molecule has 0 bridgehead atoms. The molecule has 3 N–H and O–H groups in total. The second-order valence-corrected chi connectivity index (χ2v) is 4.99. The quantitative estimate of drug-likeness (QED) is 0.839. The fraction of sp³-hybridized carbons (Fsp3) is 0. The summed E-state index contributed by atoms with van der Waals surface area (Å²) in [6.45, 7) is 0. The fourth-order valence-electron chi connectivity index (χ4n) is 1.45. The van der Waals surface area contributed by atoms with Crippen LogP contribution in [0.15, 0.2) is 41.4 Å². The topological polar surface area (TPSA) is 80.9 Å². The molecule has 1 heterocycles. The van der Waals surface area contributed by atoms with E-state index in [2.05, 4.69) is 31.2 Å². The van der Waals surface area contributed by atoms with Crippen LogP contribution in [0.25, 0.3) is 0 Å². The van der Waals surface area contributed by atoms with Crippen LogP contribution in [0.1, 0.15) is 15.9 Å². The van der Waals surface area contributed by atoms with Gasteiger partial charge in [0.25, 0.3) is 5.91 Å². The molecule has 0 aliphatic heterocycles. The van der Waals surface area contributed by atoms with Crippen LogP contribution < -0.4 is 11.1 Å². The minimum absolute atomic E-state index is 0.215. The van der Waals surface area contributed by atoms with Gasteiger partial charge in [-0.3, -0.25) is 4.79 Å². The third-order valence-corrected chi connectivity index (χ3v) is 3.03. The zero-order valence-corrected chi connectivity index (χ0v) is 12.0. The number of thiocarbonyl (C=S) groups is 1. The molecule has 0 fully saturated rings. The van der Waals surface area contributed by atoms with Crippen molar-refractivity contribution in [1.29, 1.82) is 0 Å². The maximum Gasteiger partial charge on any atom is 0.258 e. The lowest BCUT2D eigenvalue weighted by Gasteiger charge is -2.10. The molecule has 0 spiro atoms. The predicted octanol–water partition coefficient (Wildman–Crippen LogP) is 2.13. The Morgan fingerprint density at radius 2 is 2.00 bits per heavy atom. The second-order valence-electron chi connectivity index (χ2n) is 3.64. The number of anilines is 1. The highest BCUT2D eigenvalue weighted by molar-refractivity contribution is 9.10. The molecule has 0 radical (unpaired) electrons. The molecule has 2 aromatic rings. The molecular formula is C12H9BrN4OS. The summed E-state index contributed by atoms with van der Waals surface area (Å²) in [5.41, 5.74) is 7.12. The molecule has 0 saturated carbocycles. The van der Waals surface area contributed by atoms with E-state index in [1.807, 2.05) is 0 Å². The Balaban J connectivity index is 2.31. The molecular weight excluding hydrogens is 328 g/mol. The van der Waals surface area contributed by atoms with Crippen molar-refractivity contribution in [2.75, 3.05) is 5.32 Å². The Hall–Kier alpha value is -1.86. The third-order valence-electron chi connectivity index (χ3n) is 2.32. The zero-order valence-electron chi connectivity index (χ0n) is 9.63. The number of hydrogen-bond acceptors (Lipinski definition) is 4. The molecule has 1 aromatic carbocycles. The van der Waals surface area contributed by atoms with Crippen LogP contribution in [0.3, 0.4) is 0 Å². The minimum Gasteiger partial charge on any atom is -0.389 e. The van der Waals surface area contributed by atoms with Crippen molar-refractivity contribution < 1.29 is 4.79 Å². The number of aromatic nitrogens is 2. The molecule has 19 heavy (non-hydrogen) atoms. The number of nitrogens with zero attached hydrogens (tertiary/aromatic N) is 2. The van der Waals surface area contributed by atoms with E-state index in [-0.39, 0.29) is 10.9 Å². The van der Waals surface area contributed by atoms with Gasteiger partial charge in [-0.2, -0.15) is 0 Å². The molecule has 0 saturated heterocycles.